The number of benzene rings is 1. The molecule has 1 unspecified atom stereocenters. The van der Waals surface area contributed by atoms with E-state index in [2.05, 4.69) is 20.2 Å². The third-order valence-corrected chi connectivity index (χ3v) is 5.65. The number of nitrogens with one attached hydrogen (secondary N) is 1. The number of hydrogen-bond donors (Lipinski definition) is 3. The number of hydrogen-bond acceptors (Lipinski definition) is 9. The lowest BCUT2D eigenvalue weighted by molar-refractivity contribution is 0.0534. The SMILES string of the molecule is CCOc1cc(CN2CCC(Nc3ncc(OCC(O)CO)cn3)CC2)cc(OCC)c1Cl. The minimum Gasteiger partial charge on any atom is -0.492 e. The lowest BCUT2D eigenvalue weighted by atomic mass is 10.0. The zero-order valence-electron chi connectivity index (χ0n) is 19.2. The van der Waals surface area contributed by atoms with E-state index in [4.69, 9.17) is 30.9 Å². The van der Waals surface area contributed by atoms with Crippen molar-refractivity contribution in [1.82, 2.24) is 14.9 Å². The maximum absolute atomic E-state index is 9.34. The molecule has 0 amide bonds. The van der Waals surface area contributed by atoms with Gasteiger partial charge >= 0.3 is 0 Å². The molecule has 1 fully saturated rings. The molecule has 0 saturated carbocycles. The largest absolute Gasteiger partial charge is 0.492 e. The number of ether oxygens (including phenoxy) is 3. The molecule has 1 aromatic carbocycles. The van der Waals surface area contributed by atoms with Gasteiger partial charge in [0.15, 0.2) is 5.75 Å². The molecule has 182 valence electrons. The monoisotopic (exact) mass is 480 g/mol. The molecule has 3 rings (SSSR count). The van der Waals surface area contributed by atoms with E-state index in [1.54, 1.807) is 12.4 Å². The van der Waals surface area contributed by atoms with Crippen LogP contribution >= 0.6 is 11.6 Å². The Kier molecular flexibility index (Phi) is 9.80. The molecule has 1 aliphatic heterocycles. The minimum atomic E-state index is -0.919. The predicted octanol–water partition coefficient (Wildman–Crippen LogP) is 2.74. The van der Waals surface area contributed by atoms with Crippen LogP contribution in [-0.4, -0.2) is 76.7 Å². The molecule has 0 radical (unpaired) electrons. The molecule has 1 atom stereocenters. The van der Waals surface area contributed by atoms with Gasteiger partial charge in [-0.3, -0.25) is 4.90 Å². The summed E-state index contributed by atoms with van der Waals surface area (Å²) in [6, 6.07) is 4.28. The molecule has 1 aliphatic rings. The molecule has 1 saturated heterocycles. The van der Waals surface area contributed by atoms with Crippen LogP contribution in [0.25, 0.3) is 0 Å². The molecular formula is C23H33ClN4O5. The Balaban J connectivity index is 1.50. The number of halogens is 1. The average Bonchev–Trinajstić information content (AvgIpc) is 2.83. The molecule has 0 spiro atoms. The van der Waals surface area contributed by atoms with Crippen LogP contribution in [0, 0.1) is 0 Å². The van der Waals surface area contributed by atoms with Gasteiger partial charge in [0.25, 0.3) is 0 Å². The summed E-state index contributed by atoms with van der Waals surface area (Å²) in [6.07, 6.45) is 4.13. The van der Waals surface area contributed by atoms with Crippen molar-refractivity contribution >= 4 is 17.5 Å². The lowest BCUT2D eigenvalue weighted by Crippen LogP contribution is -2.39. The number of nitrogens with zero attached hydrogens (tertiary/aromatic N) is 3. The smallest absolute Gasteiger partial charge is 0.223 e. The van der Waals surface area contributed by atoms with E-state index in [1.165, 1.54) is 0 Å². The van der Waals surface area contributed by atoms with Crippen LogP contribution < -0.4 is 19.5 Å². The average molecular weight is 481 g/mol. The summed E-state index contributed by atoms with van der Waals surface area (Å²) in [5.41, 5.74) is 1.11. The van der Waals surface area contributed by atoms with Crippen molar-refractivity contribution in [3.05, 3.63) is 35.1 Å². The number of aromatic nitrogens is 2. The van der Waals surface area contributed by atoms with E-state index in [-0.39, 0.29) is 19.3 Å². The fourth-order valence-corrected chi connectivity index (χ4v) is 3.84. The number of aliphatic hydroxyl groups is 2. The molecule has 0 bridgehead atoms. The van der Waals surface area contributed by atoms with Crippen molar-refractivity contribution in [3.63, 3.8) is 0 Å². The van der Waals surface area contributed by atoms with Gasteiger partial charge in [-0.2, -0.15) is 0 Å². The third-order valence-electron chi connectivity index (χ3n) is 5.27. The molecule has 2 aromatic rings. The van der Waals surface area contributed by atoms with Crippen LogP contribution in [0.3, 0.4) is 0 Å². The summed E-state index contributed by atoms with van der Waals surface area (Å²) in [4.78, 5) is 11.0. The van der Waals surface area contributed by atoms with Crippen LogP contribution in [0.15, 0.2) is 24.5 Å². The van der Waals surface area contributed by atoms with E-state index < -0.39 is 6.10 Å². The van der Waals surface area contributed by atoms with Gasteiger partial charge in [0.1, 0.15) is 29.2 Å². The second-order valence-corrected chi connectivity index (χ2v) is 8.23. The van der Waals surface area contributed by atoms with Gasteiger partial charge in [0.2, 0.25) is 5.95 Å². The zero-order chi connectivity index (χ0) is 23.6. The van der Waals surface area contributed by atoms with Crippen molar-refractivity contribution < 1.29 is 24.4 Å². The molecule has 1 aromatic heterocycles. The number of rotatable bonds is 12. The Labute approximate surface area is 199 Å². The van der Waals surface area contributed by atoms with Crippen LogP contribution in [0.4, 0.5) is 5.95 Å². The molecule has 10 heteroatoms. The summed E-state index contributed by atoms with van der Waals surface area (Å²) >= 11 is 6.41. The second-order valence-electron chi connectivity index (χ2n) is 7.86. The first-order valence-electron chi connectivity index (χ1n) is 11.3. The van der Waals surface area contributed by atoms with Crippen LogP contribution in [0.2, 0.25) is 5.02 Å². The highest BCUT2D eigenvalue weighted by Crippen LogP contribution is 2.36. The van der Waals surface area contributed by atoms with Gasteiger partial charge in [-0.25, -0.2) is 9.97 Å². The Bertz CT molecular complexity index is 835. The standard InChI is InChI=1S/C23H33ClN4O5/c1-3-31-20-9-16(10-21(22(20)24)32-4-2)13-28-7-5-17(6-8-28)27-23-25-11-19(12-26-23)33-15-18(30)14-29/h9-12,17-18,29-30H,3-8,13-15H2,1-2H3,(H,25,26,27). The van der Waals surface area contributed by atoms with Gasteiger partial charge in [0.05, 0.1) is 32.2 Å². The van der Waals surface area contributed by atoms with Gasteiger partial charge < -0.3 is 29.7 Å². The number of anilines is 1. The first-order valence-corrected chi connectivity index (χ1v) is 11.7. The van der Waals surface area contributed by atoms with Gasteiger partial charge in [0, 0.05) is 25.7 Å². The van der Waals surface area contributed by atoms with Crippen LogP contribution in [0.1, 0.15) is 32.3 Å². The maximum Gasteiger partial charge on any atom is 0.223 e. The quantitative estimate of drug-likeness (QED) is 0.422. The highest BCUT2D eigenvalue weighted by atomic mass is 35.5. The van der Waals surface area contributed by atoms with Crippen molar-refractivity contribution in [1.29, 1.82) is 0 Å². The Morgan fingerprint density at radius 1 is 1.09 bits per heavy atom. The zero-order valence-corrected chi connectivity index (χ0v) is 19.9. The summed E-state index contributed by atoms with van der Waals surface area (Å²) in [5.74, 6) is 2.31. The summed E-state index contributed by atoms with van der Waals surface area (Å²) in [5, 5.41) is 22.1. The van der Waals surface area contributed by atoms with E-state index in [0.717, 1.165) is 38.0 Å². The summed E-state index contributed by atoms with van der Waals surface area (Å²) < 4.78 is 16.7. The first-order chi connectivity index (χ1) is 16.0. The van der Waals surface area contributed by atoms with Gasteiger partial charge in [-0.1, -0.05) is 11.6 Å². The molecule has 2 heterocycles. The van der Waals surface area contributed by atoms with Crippen LogP contribution in [0.5, 0.6) is 17.2 Å². The molecule has 0 aliphatic carbocycles. The first kappa shape index (κ1) is 25.3. The molecule has 3 N–H and O–H groups in total. The van der Waals surface area contributed by atoms with Gasteiger partial charge in [-0.15, -0.1) is 0 Å². The summed E-state index contributed by atoms with van der Waals surface area (Å²) in [6.45, 7) is 7.29. The van der Waals surface area contributed by atoms with Crippen molar-refractivity contribution in [2.45, 2.75) is 45.4 Å². The van der Waals surface area contributed by atoms with E-state index in [0.29, 0.717) is 41.4 Å². The Morgan fingerprint density at radius 2 is 1.70 bits per heavy atom. The second kappa shape index (κ2) is 12.8. The fraction of sp³-hybridized carbons (Fsp3) is 0.565. The maximum atomic E-state index is 9.34. The van der Waals surface area contributed by atoms with Crippen molar-refractivity contribution in [3.8, 4) is 17.2 Å². The minimum absolute atomic E-state index is 0.00313. The Hall–Kier alpha value is -2.33. The normalized spacial score (nSPS) is 15.8. The summed E-state index contributed by atoms with van der Waals surface area (Å²) in [7, 11) is 0. The molecule has 33 heavy (non-hydrogen) atoms. The number of aliphatic hydroxyl groups excluding tert-OH is 2. The van der Waals surface area contributed by atoms with E-state index >= 15 is 0 Å². The third kappa shape index (κ3) is 7.60. The van der Waals surface area contributed by atoms with E-state index in [9.17, 15) is 5.11 Å². The molecule has 9 nitrogen and oxygen atoms in total. The van der Waals surface area contributed by atoms with E-state index in [1.807, 2.05) is 26.0 Å². The highest BCUT2D eigenvalue weighted by Gasteiger charge is 2.21. The lowest BCUT2D eigenvalue weighted by Gasteiger charge is -2.32. The topological polar surface area (TPSA) is 109 Å². The fourth-order valence-electron chi connectivity index (χ4n) is 3.63. The van der Waals surface area contributed by atoms with Crippen molar-refractivity contribution in [2.75, 3.05) is 44.8 Å². The van der Waals surface area contributed by atoms with Crippen molar-refractivity contribution in [2.24, 2.45) is 0 Å². The number of piperidine rings is 1. The van der Waals surface area contributed by atoms with Crippen LogP contribution in [-0.2, 0) is 6.54 Å². The molecular weight excluding hydrogens is 448 g/mol. The number of likely N-dealkylation sites (tertiary alicyclic amines) is 1. The Morgan fingerprint density at radius 3 is 2.24 bits per heavy atom. The van der Waals surface area contributed by atoms with Gasteiger partial charge in [-0.05, 0) is 44.4 Å². The highest BCUT2D eigenvalue weighted by molar-refractivity contribution is 6.33. The predicted molar refractivity (Wildman–Crippen MR) is 126 cm³/mol.